The van der Waals surface area contributed by atoms with E-state index >= 15 is 0 Å². The molecule has 2 heterocycles. The summed E-state index contributed by atoms with van der Waals surface area (Å²) >= 11 is 7.67. The zero-order valence-corrected chi connectivity index (χ0v) is 15.7. The van der Waals surface area contributed by atoms with Crippen molar-refractivity contribution in [3.05, 3.63) is 64.9 Å². The summed E-state index contributed by atoms with van der Waals surface area (Å²) in [5, 5.41) is 8.16. The highest BCUT2D eigenvalue weighted by molar-refractivity contribution is 7.21. The molecule has 0 aliphatic rings. The van der Waals surface area contributed by atoms with Gasteiger partial charge < -0.3 is 5.32 Å². The van der Waals surface area contributed by atoms with Crippen molar-refractivity contribution in [1.29, 1.82) is 0 Å². The standard InChI is InChI=1S/C19H15ClN4OS/c1-11-3-8-15-16(9-11)26-19(22-15)12-4-6-13(7-5-12)21-18(25)17-14(20)10-24(2)23-17/h3-10H,1-2H3,(H,21,25). The number of halogens is 1. The van der Waals surface area contributed by atoms with E-state index in [1.807, 2.05) is 30.3 Å². The van der Waals surface area contributed by atoms with Gasteiger partial charge in [-0.15, -0.1) is 11.3 Å². The maximum atomic E-state index is 12.3. The molecular formula is C19H15ClN4OS. The van der Waals surface area contributed by atoms with E-state index in [4.69, 9.17) is 11.6 Å². The van der Waals surface area contributed by atoms with Crippen LogP contribution in [0, 0.1) is 6.92 Å². The van der Waals surface area contributed by atoms with Crippen LogP contribution in [-0.2, 0) is 7.05 Å². The molecule has 4 rings (SSSR count). The predicted molar refractivity (Wildman–Crippen MR) is 106 cm³/mol. The van der Waals surface area contributed by atoms with Crippen molar-refractivity contribution >= 4 is 44.7 Å². The van der Waals surface area contributed by atoms with Gasteiger partial charge in [-0.1, -0.05) is 17.7 Å². The largest absolute Gasteiger partial charge is 0.321 e. The minimum absolute atomic E-state index is 0.208. The number of hydrogen-bond donors (Lipinski definition) is 1. The van der Waals surface area contributed by atoms with Crippen molar-refractivity contribution < 1.29 is 4.79 Å². The number of fused-ring (bicyclic) bond motifs is 1. The number of carbonyl (C=O) groups is 1. The molecule has 2 aromatic heterocycles. The third-order valence-electron chi connectivity index (χ3n) is 3.93. The van der Waals surface area contributed by atoms with Crippen LogP contribution in [0.4, 0.5) is 5.69 Å². The second-order valence-electron chi connectivity index (χ2n) is 6.02. The van der Waals surface area contributed by atoms with Crippen molar-refractivity contribution in [2.45, 2.75) is 6.92 Å². The van der Waals surface area contributed by atoms with Gasteiger partial charge >= 0.3 is 0 Å². The van der Waals surface area contributed by atoms with Gasteiger partial charge in [0.05, 0.1) is 15.2 Å². The predicted octanol–water partition coefficient (Wildman–Crippen LogP) is 4.91. The minimum atomic E-state index is -0.334. The Balaban J connectivity index is 1.56. The number of benzene rings is 2. The van der Waals surface area contributed by atoms with E-state index in [-0.39, 0.29) is 11.6 Å². The number of thiazole rings is 1. The Bertz CT molecular complexity index is 1110. The molecule has 2 aromatic carbocycles. The molecule has 0 aliphatic carbocycles. The number of amides is 1. The molecule has 0 radical (unpaired) electrons. The van der Waals surface area contributed by atoms with Crippen molar-refractivity contribution in [2.75, 3.05) is 5.32 Å². The number of nitrogens with zero attached hydrogens (tertiary/aromatic N) is 3. The monoisotopic (exact) mass is 382 g/mol. The van der Waals surface area contributed by atoms with E-state index < -0.39 is 0 Å². The lowest BCUT2D eigenvalue weighted by Crippen LogP contribution is -2.13. The van der Waals surface area contributed by atoms with Crippen LogP contribution in [0.3, 0.4) is 0 Å². The number of aryl methyl sites for hydroxylation is 2. The zero-order valence-electron chi connectivity index (χ0n) is 14.2. The Hall–Kier alpha value is -2.70. The first kappa shape index (κ1) is 16.8. The Morgan fingerprint density at radius 1 is 1.19 bits per heavy atom. The normalized spacial score (nSPS) is 11.0. The van der Waals surface area contributed by atoms with Crippen LogP contribution in [0.2, 0.25) is 5.02 Å². The zero-order chi connectivity index (χ0) is 18.3. The molecule has 5 nitrogen and oxygen atoms in total. The number of aromatic nitrogens is 3. The van der Waals surface area contributed by atoms with Crippen LogP contribution in [0.1, 0.15) is 16.1 Å². The van der Waals surface area contributed by atoms with Crippen molar-refractivity contribution in [2.24, 2.45) is 7.05 Å². The Kier molecular flexibility index (Phi) is 4.22. The maximum absolute atomic E-state index is 12.3. The third-order valence-corrected chi connectivity index (χ3v) is 5.28. The van der Waals surface area contributed by atoms with Crippen LogP contribution in [0.15, 0.2) is 48.7 Å². The topological polar surface area (TPSA) is 59.8 Å². The lowest BCUT2D eigenvalue weighted by Gasteiger charge is -2.04. The summed E-state index contributed by atoms with van der Waals surface area (Å²) in [4.78, 5) is 16.9. The van der Waals surface area contributed by atoms with Gasteiger partial charge in [-0.2, -0.15) is 5.10 Å². The van der Waals surface area contributed by atoms with Gasteiger partial charge in [-0.3, -0.25) is 9.48 Å². The molecular weight excluding hydrogens is 368 g/mol. The molecule has 1 amide bonds. The van der Waals surface area contributed by atoms with Gasteiger partial charge in [0.2, 0.25) is 0 Å². The Labute approximate surface area is 159 Å². The van der Waals surface area contributed by atoms with Gasteiger partial charge in [0.1, 0.15) is 5.01 Å². The molecule has 26 heavy (non-hydrogen) atoms. The lowest BCUT2D eigenvalue weighted by molar-refractivity contribution is 0.102. The van der Waals surface area contributed by atoms with E-state index in [0.29, 0.717) is 10.7 Å². The summed E-state index contributed by atoms with van der Waals surface area (Å²) in [7, 11) is 1.72. The molecule has 0 unspecified atom stereocenters. The number of anilines is 1. The summed E-state index contributed by atoms with van der Waals surface area (Å²) in [6, 6.07) is 13.8. The average Bonchev–Trinajstić information content (AvgIpc) is 3.17. The number of carbonyl (C=O) groups excluding carboxylic acids is 1. The molecule has 0 spiro atoms. The number of rotatable bonds is 3. The van der Waals surface area contributed by atoms with Gasteiger partial charge in [-0.25, -0.2) is 4.98 Å². The van der Waals surface area contributed by atoms with E-state index in [0.717, 1.165) is 16.1 Å². The van der Waals surface area contributed by atoms with Crippen LogP contribution in [-0.4, -0.2) is 20.7 Å². The third kappa shape index (κ3) is 3.21. The molecule has 0 saturated heterocycles. The lowest BCUT2D eigenvalue weighted by atomic mass is 10.2. The first-order valence-corrected chi connectivity index (χ1v) is 9.17. The highest BCUT2D eigenvalue weighted by atomic mass is 35.5. The molecule has 7 heteroatoms. The maximum Gasteiger partial charge on any atom is 0.277 e. The SMILES string of the molecule is Cc1ccc2nc(-c3ccc(NC(=O)c4nn(C)cc4Cl)cc3)sc2c1. The first-order chi connectivity index (χ1) is 12.5. The minimum Gasteiger partial charge on any atom is -0.321 e. The van der Waals surface area contributed by atoms with E-state index in [9.17, 15) is 4.79 Å². The molecule has 0 fully saturated rings. The van der Waals surface area contributed by atoms with Gasteiger partial charge in [-0.05, 0) is 48.9 Å². The highest BCUT2D eigenvalue weighted by Gasteiger charge is 2.15. The van der Waals surface area contributed by atoms with Gasteiger partial charge in [0.15, 0.2) is 5.69 Å². The Morgan fingerprint density at radius 2 is 1.96 bits per heavy atom. The number of hydrogen-bond acceptors (Lipinski definition) is 4. The quantitative estimate of drug-likeness (QED) is 0.547. The summed E-state index contributed by atoms with van der Waals surface area (Å²) in [5.74, 6) is -0.334. The summed E-state index contributed by atoms with van der Waals surface area (Å²) < 4.78 is 2.68. The van der Waals surface area contributed by atoms with E-state index in [1.165, 1.54) is 14.9 Å². The van der Waals surface area contributed by atoms with Crippen LogP contribution >= 0.6 is 22.9 Å². The van der Waals surface area contributed by atoms with Crippen molar-refractivity contribution in [1.82, 2.24) is 14.8 Å². The molecule has 0 atom stereocenters. The summed E-state index contributed by atoms with van der Waals surface area (Å²) in [6.07, 6.45) is 1.59. The average molecular weight is 383 g/mol. The fourth-order valence-corrected chi connectivity index (χ4v) is 3.99. The van der Waals surface area contributed by atoms with Crippen molar-refractivity contribution in [3.8, 4) is 10.6 Å². The second kappa shape index (κ2) is 6.55. The summed E-state index contributed by atoms with van der Waals surface area (Å²) in [6.45, 7) is 2.07. The van der Waals surface area contributed by atoms with Crippen LogP contribution in [0.5, 0.6) is 0 Å². The molecule has 0 aliphatic heterocycles. The Morgan fingerprint density at radius 3 is 2.65 bits per heavy atom. The molecule has 1 N–H and O–H groups in total. The van der Waals surface area contributed by atoms with Gasteiger partial charge in [0, 0.05) is 24.5 Å². The smallest absolute Gasteiger partial charge is 0.277 e. The molecule has 0 bridgehead atoms. The molecule has 130 valence electrons. The fourth-order valence-electron chi connectivity index (χ4n) is 2.66. The second-order valence-corrected chi connectivity index (χ2v) is 7.46. The molecule has 4 aromatic rings. The van der Waals surface area contributed by atoms with Gasteiger partial charge in [0.25, 0.3) is 5.91 Å². The number of nitrogens with one attached hydrogen (secondary N) is 1. The van der Waals surface area contributed by atoms with Crippen LogP contribution in [0.25, 0.3) is 20.8 Å². The fraction of sp³-hybridized carbons (Fsp3) is 0.105. The van der Waals surface area contributed by atoms with E-state index in [1.54, 1.807) is 24.6 Å². The molecule has 0 saturated carbocycles. The van der Waals surface area contributed by atoms with E-state index in [2.05, 4.69) is 34.5 Å². The summed E-state index contributed by atoms with van der Waals surface area (Å²) in [5.41, 5.74) is 4.12. The first-order valence-electron chi connectivity index (χ1n) is 7.98. The highest BCUT2D eigenvalue weighted by Crippen LogP contribution is 2.31. The van der Waals surface area contributed by atoms with Crippen molar-refractivity contribution in [3.63, 3.8) is 0 Å². The van der Waals surface area contributed by atoms with Crippen LogP contribution < -0.4 is 5.32 Å².